The molecule has 2 heterocycles. The molecule has 0 aromatic carbocycles. The highest BCUT2D eigenvalue weighted by Crippen LogP contribution is 2.33. The van der Waals surface area contributed by atoms with E-state index in [4.69, 9.17) is 9.98 Å². The Bertz CT molecular complexity index is 529. The molecule has 0 unspecified atom stereocenters. The van der Waals surface area contributed by atoms with E-state index in [2.05, 4.69) is 37.5 Å². The van der Waals surface area contributed by atoms with Gasteiger partial charge in [-0.15, -0.1) is 0 Å². The molecule has 2 aliphatic carbocycles. The van der Waals surface area contributed by atoms with Crippen LogP contribution < -0.4 is 0 Å². The predicted octanol–water partition coefficient (Wildman–Crippen LogP) is 5.13. The minimum absolute atomic E-state index is 0.436. The van der Waals surface area contributed by atoms with Gasteiger partial charge in [0.05, 0.1) is 12.1 Å². The molecular weight excluding hydrogens is 344 g/mol. The van der Waals surface area contributed by atoms with E-state index in [0.717, 1.165) is 13.1 Å². The fourth-order valence-corrected chi connectivity index (χ4v) is 5.64. The molecule has 0 spiro atoms. The highest BCUT2D eigenvalue weighted by molar-refractivity contribution is 6.41. The predicted molar refractivity (Wildman–Crippen MR) is 119 cm³/mol. The second kappa shape index (κ2) is 8.75. The maximum absolute atomic E-state index is 5.34. The highest BCUT2D eigenvalue weighted by atomic mass is 15.4. The Hall–Kier alpha value is -1.06. The van der Waals surface area contributed by atoms with E-state index < -0.39 is 0 Å². The summed E-state index contributed by atoms with van der Waals surface area (Å²) in [7, 11) is 0. The van der Waals surface area contributed by atoms with Crippen molar-refractivity contribution in [2.45, 2.75) is 116 Å². The summed E-state index contributed by atoms with van der Waals surface area (Å²) in [5.74, 6) is 3.74. The summed E-state index contributed by atoms with van der Waals surface area (Å²) in [5.41, 5.74) is 0. The molecular formula is C24H42N4. The van der Waals surface area contributed by atoms with Crippen molar-refractivity contribution in [1.82, 2.24) is 9.80 Å². The molecule has 0 aromatic rings. The largest absolute Gasteiger partial charge is 0.349 e. The molecule has 0 radical (unpaired) electrons. The van der Waals surface area contributed by atoms with Crippen LogP contribution >= 0.6 is 0 Å². The summed E-state index contributed by atoms with van der Waals surface area (Å²) < 4.78 is 0. The van der Waals surface area contributed by atoms with E-state index in [0.29, 0.717) is 36.0 Å². The lowest BCUT2D eigenvalue weighted by atomic mass is 9.92. The fourth-order valence-electron chi connectivity index (χ4n) is 5.64. The first-order valence-electron chi connectivity index (χ1n) is 12.2. The molecule has 4 rings (SSSR count). The molecule has 2 fully saturated rings. The van der Waals surface area contributed by atoms with Gasteiger partial charge in [0.15, 0.2) is 11.7 Å². The monoisotopic (exact) mass is 386 g/mol. The average Bonchev–Trinajstić information content (AvgIpc) is 3.34. The van der Waals surface area contributed by atoms with E-state index in [1.807, 2.05) is 0 Å². The first-order chi connectivity index (χ1) is 13.5. The third-order valence-electron chi connectivity index (χ3n) is 7.66. The minimum atomic E-state index is 0.436. The molecule has 2 atom stereocenters. The van der Waals surface area contributed by atoms with Crippen LogP contribution in [0.25, 0.3) is 0 Å². The van der Waals surface area contributed by atoms with Gasteiger partial charge in [-0.1, -0.05) is 66.2 Å². The maximum atomic E-state index is 5.34. The first kappa shape index (κ1) is 20.2. The summed E-state index contributed by atoms with van der Waals surface area (Å²) in [6.07, 6.45) is 13.7. The zero-order valence-corrected chi connectivity index (χ0v) is 18.7. The molecule has 0 saturated heterocycles. The molecule has 4 aliphatic rings. The van der Waals surface area contributed by atoms with Gasteiger partial charge in [0.25, 0.3) is 0 Å². The lowest BCUT2D eigenvalue weighted by Crippen LogP contribution is -2.50. The van der Waals surface area contributed by atoms with E-state index in [9.17, 15) is 0 Å². The molecule has 2 aliphatic heterocycles. The van der Waals surface area contributed by atoms with Crippen molar-refractivity contribution in [2.75, 3.05) is 13.1 Å². The molecule has 28 heavy (non-hydrogen) atoms. The van der Waals surface area contributed by atoms with E-state index in [1.165, 1.54) is 75.9 Å². The molecule has 4 nitrogen and oxygen atoms in total. The number of nitrogens with zero attached hydrogens (tertiary/aromatic N) is 4. The lowest BCUT2D eigenvalue weighted by Gasteiger charge is -2.38. The Morgan fingerprint density at radius 2 is 0.964 bits per heavy atom. The number of hydrogen-bond donors (Lipinski definition) is 0. The molecule has 0 amide bonds. The van der Waals surface area contributed by atoms with Crippen molar-refractivity contribution < 1.29 is 0 Å². The Labute approximate surface area is 172 Å². The maximum Gasteiger partial charge on any atom is 0.167 e. The summed E-state index contributed by atoms with van der Waals surface area (Å²) in [4.78, 5) is 16.1. The van der Waals surface area contributed by atoms with Crippen molar-refractivity contribution >= 4 is 11.7 Å². The zero-order chi connectivity index (χ0) is 19.7. The van der Waals surface area contributed by atoms with Crippen molar-refractivity contribution in [3.05, 3.63) is 0 Å². The topological polar surface area (TPSA) is 31.2 Å². The fraction of sp³-hybridized carbons (Fsp3) is 0.917. The van der Waals surface area contributed by atoms with E-state index >= 15 is 0 Å². The summed E-state index contributed by atoms with van der Waals surface area (Å²) in [6.45, 7) is 11.6. The number of aliphatic imine (C=N–C) groups is 2. The lowest BCUT2D eigenvalue weighted by molar-refractivity contribution is 0.231. The van der Waals surface area contributed by atoms with Gasteiger partial charge in [0.1, 0.15) is 0 Å². The van der Waals surface area contributed by atoms with Gasteiger partial charge in [-0.2, -0.15) is 0 Å². The van der Waals surface area contributed by atoms with Crippen LogP contribution in [0.4, 0.5) is 0 Å². The molecule has 0 N–H and O–H groups in total. The van der Waals surface area contributed by atoms with Gasteiger partial charge in [-0.25, -0.2) is 0 Å². The van der Waals surface area contributed by atoms with Crippen LogP contribution in [-0.2, 0) is 0 Å². The molecule has 0 aromatic heterocycles. The average molecular weight is 387 g/mol. The highest BCUT2D eigenvalue weighted by Gasteiger charge is 2.41. The summed E-state index contributed by atoms with van der Waals surface area (Å²) in [5, 5.41) is 0. The quantitative estimate of drug-likeness (QED) is 0.656. The Balaban J connectivity index is 1.63. The van der Waals surface area contributed by atoms with Crippen molar-refractivity contribution in [1.29, 1.82) is 0 Å². The third-order valence-corrected chi connectivity index (χ3v) is 7.66. The van der Waals surface area contributed by atoms with Crippen LogP contribution in [0.2, 0.25) is 0 Å². The second-order valence-corrected chi connectivity index (χ2v) is 10.4. The van der Waals surface area contributed by atoms with Crippen LogP contribution in [0, 0.1) is 11.8 Å². The Kier molecular flexibility index (Phi) is 6.32. The molecule has 0 bridgehead atoms. The zero-order valence-electron chi connectivity index (χ0n) is 18.7. The van der Waals surface area contributed by atoms with Crippen LogP contribution in [0.5, 0.6) is 0 Å². The SMILES string of the molecule is CC(C)[C@H]1CN(C2CCCCC2)C(C2=N[C@@H](C(C)C)CN2C2CCCCC2)=N1. The standard InChI is InChI=1S/C24H42N4/c1-17(2)21-15-27(19-11-7-5-8-12-19)23(25-21)24-26-22(18(3)4)16-28(24)20-13-9-6-10-14-20/h17-22H,5-16H2,1-4H3/t21-,22-/m1/s1. The Morgan fingerprint density at radius 1 is 0.607 bits per heavy atom. The molecule has 4 heteroatoms. The smallest absolute Gasteiger partial charge is 0.167 e. The van der Waals surface area contributed by atoms with Gasteiger partial charge < -0.3 is 9.80 Å². The third kappa shape index (κ3) is 4.11. The van der Waals surface area contributed by atoms with Gasteiger partial charge in [-0.05, 0) is 37.5 Å². The van der Waals surface area contributed by atoms with Gasteiger partial charge >= 0.3 is 0 Å². The summed E-state index contributed by atoms with van der Waals surface area (Å²) >= 11 is 0. The number of rotatable bonds is 5. The van der Waals surface area contributed by atoms with Crippen LogP contribution in [-0.4, -0.2) is 58.7 Å². The van der Waals surface area contributed by atoms with Crippen molar-refractivity contribution in [2.24, 2.45) is 21.8 Å². The number of hydrogen-bond acceptors (Lipinski definition) is 4. The minimum Gasteiger partial charge on any atom is -0.349 e. The Morgan fingerprint density at radius 3 is 1.29 bits per heavy atom. The van der Waals surface area contributed by atoms with Crippen LogP contribution in [0.15, 0.2) is 9.98 Å². The normalized spacial score (nSPS) is 30.5. The van der Waals surface area contributed by atoms with Gasteiger partial charge in [0, 0.05) is 25.2 Å². The first-order valence-corrected chi connectivity index (χ1v) is 12.2. The second-order valence-electron chi connectivity index (χ2n) is 10.4. The van der Waals surface area contributed by atoms with E-state index in [-0.39, 0.29) is 0 Å². The molecule has 158 valence electrons. The van der Waals surface area contributed by atoms with E-state index in [1.54, 1.807) is 0 Å². The molecule has 2 saturated carbocycles. The van der Waals surface area contributed by atoms with Crippen molar-refractivity contribution in [3.63, 3.8) is 0 Å². The van der Waals surface area contributed by atoms with Crippen molar-refractivity contribution in [3.8, 4) is 0 Å². The number of amidine groups is 2. The van der Waals surface area contributed by atoms with Gasteiger partial charge in [-0.3, -0.25) is 9.98 Å². The van der Waals surface area contributed by atoms with Crippen LogP contribution in [0.1, 0.15) is 91.9 Å². The van der Waals surface area contributed by atoms with Crippen LogP contribution in [0.3, 0.4) is 0 Å². The summed E-state index contributed by atoms with van der Waals surface area (Å²) in [6, 6.07) is 2.24. The van der Waals surface area contributed by atoms with Gasteiger partial charge in [0.2, 0.25) is 0 Å².